The van der Waals surface area contributed by atoms with Crippen molar-refractivity contribution in [1.82, 2.24) is 29.8 Å². The van der Waals surface area contributed by atoms with Crippen LogP contribution in [0.2, 0.25) is 10.0 Å². The molecule has 4 rings (SSSR count). The van der Waals surface area contributed by atoms with Crippen LogP contribution < -0.4 is 5.32 Å². The molecule has 10 heteroatoms. The van der Waals surface area contributed by atoms with Gasteiger partial charge in [-0.3, -0.25) is 9.36 Å². The molecule has 1 aromatic carbocycles. The predicted octanol–water partition coefficient (Wildman–Crippen LogP) is 4.69. The fourth-order valence-corrected chi connectivity index (χ4v) is 3.81. The van der Waals surface area contributed by atoms with Crippen molar-refractivity contribution in [2.45, 2.75) is 26.9 Å². The number of hydrogen-bond acceptors (Lipinski definition) is 6. The highest BCUT2D eigenvalue weighted by molar-refractivity contribution is 7.15. The molecule has 7 nitrogen and oxygen atoms in total. The fraction of sp³-hybridized carbons (Fsp3) is 0.222. The van der Waals surface area contributed by atoms with E-state index in [2.05, 4.69) is 25.7 Å². The van der Waals surface area contributed by atoms with Crippen LogP contribution in [0.25, 0.3) is 0 Å². The number of anilines is 2. The molecule has 144 valence electrons. The molecule has 0 aliphatic rings. The van der Waals surface area contributed by atoms with Gasteiger partial charge in [0.05, 0.1) is 29.5 Å². The maximum atomic E-state index is 6.21. The summed E-state index contributed by atoms with van der Waals surface area (Å²) >= 11 is 13.9. The van der Waals surface area contributed by atoms with Gasteiger partial charge in [0, 0.05) is 17.3 Å². The highest BCUT2D eigenvalue weighted by atomic mass is 35.5. The molecular weight excluding hydrogens is 417 g/mol. The van der Waals surface area contributed by atoms with Gasteiger partial charge in [0.2, 0.25) is 5.13 Å². The van der Waals surface area contributed by atoms with Crippen molar-refractivity contribution in [2.24, 2.45) is 0 Å². The Hall–Kier alpha value is -2.42. The molecule has 0 saturated heterocycles. The second kappa shape index (κ2) is 7.90. The zero-order valence-corrected chi connectivity index (χ0v) is 17.6. The highest BCUT2D eigenvalue weighted by Gasteiger charge is 2.12. The largest absolute Gasteiger partial charge is 0.313 e. The van der Waals surface area contributed by atoms with Crippen molar-refractivity contribution < 1.29 is 0 Å². The monoisotopic (exact) mass is 433 g/mol. The SMILES string of the molecule is Cc1nn(Cc2nnc(Nc3ccn(Cc4ccccc4Cl)n3)s2)c(C)c1Cl. The van der Waals surface area contributed by atoms with Gasteiger partial charge in [-0.15, -0.1) is 10.2 Å². The molecule has 0 saturated carbocycles. The van der Waals surface area contributed by atoms with Crippen LogP contribution >= 0.6 is 34.5 Å². The van der Waals surface area contributed by atoms with Crippen LogP contribution in [0.3, 0.4) is 0 Å². The average molecular weight is 434 g/mol. The van der Waals surface area contributed by atoms with Crippen LogP contribution in [-0.4, -0.2) is 29.8 Å². The Bertz CT molecular complexity index is 1120. The normalized spacial score (nSPS) is 11.1. The van der Waals surface area contributed by atoms with Gasteiger partial charge in [-0.05, 0) is 25.5 Å². The van der Waals surface area contributed by atoms with E-state index in [9.17, 15) is 0 Å². The fourth-order valence-electron chi connectivity index (χ4n) is 2.75. The predicted molar refractivity (Wildman–Crippen MR) is 112 cm³/mol. The molecule has 0 atom stereocenters. The number of benzene rings is 1. The topological polar surface area (TPSA) is 73.5 Å². The van der Waals surface area contributed by atoms with Crippen LogP contribution in [0, 0.1) is 13.8 Å². The summed E-state index contributed by atoms with van der Waals surface area (Å²) in [6.07, 6.45) is 1.89. The van der Waals surface area contributed by atoms with Crippen molar-refractivity contribution in [1.29, 1.82) is 0 Å². The van der Waals surface area contributed by atoms with Crippen molar-refractivity contribution in [3.05, 3.63) is 68.5 Å². The third kappa shape index (κ3) is 4.04. The Morgan fingerprint density at radius 1 is 1.04 bits per heavy atom. The van der Waals surface area contributed by atoms with Crippen LogP contribution in [0.15, 0.2) is 36.5 Å². The van der Waals surface area contributed by atoms with Gasteiger partial charge in [0.1, 0.15) is 5.01 Å². The lowest BCUT2D eigenvalue weighted by Crippen LogP contribution is -2.03. The number of rotatable bonds is 6. The molecule has 0 aliphatic heterocycles. The molecule has 0 unspecified atom stereocenters. The van der Waals surface area contributed by atoms with Gasteiger partial charge in [-0.25, -0.2) is 0 Å². The van der Waals surface area contributed by atoms with Crippen LogP contribution in [0.1, 0.15) is 22.0 Å². The van der Waals surface area contributed by atoms with Crippen LogP contribution in [0.4, 0.5) is 10.9 Å². The Morgan fingerprint density at radius 2 is 1.86 bits per heavy atom. The molecular formula is C18H17Cl2N7S. The lowest BCUT2D eigenvalue weighted by Gasteiger charge is -2.04. The summed E-state index contributed by atoms with van der Waals surface area (Å²) in [5.74, 6) is 0.698. The zero-order chi connectivity index (χ0) is 19.7. The molecule has 0 fully saturated rings. The zero-order valence-electron chi connectivity index (χ0n) is 15.2. The highest BCUT2D eigenvalue weighted by Crippen LogP contribution is 2.24. The number of nitrogens with one attached hydrogen (secondary N) is 1. The van der Waals surface area contributed by atoms with E-state index in [0.717, 1.165) is 27.0 Å². The number of aromatic nitrogens is 6. The minimum absolute atomic E-state index is 0.527. The summed E-state index contributed by atoms with van der Waals surface area (Å²) in [5, 5.41) is 23.5. The van der Waals surface area contributed by atoms with Crippen LogP contribution in [0.5, 0.6) is 0 Å². The Labute approximate surface area is 175 Å². The summed E-state index contributed by atoms with van der Waals surface area (Å²) in [7, 11) is 0. The molecule has 3 aromatic heterocycles. The smallest absolute Gasteiger partial charge is 0.211 e. The van der Waals surface area contributed by atoms with Gasteiger partial charge in [-0.1, -0.05) is 52.7 Å². The Balaban J connectivity index is 1.42. The van der Waals surface area contributed by atoms with Gasteiger partial charge in [0.15, 0.2) is 5.82 Å². The van der Waals surface area contributed by atoms with Gasteiger partial charge >= 0.3 is 0 Å². The van der Waals surface area contributed by atoms with Crippen molar-refractivity contribution in [2.75, 3.05) is 5.32 Å². The van der Waals surface area contributed by atoms with E-state index in [1.54, 1.807) is 0 Å². The quantitative estimate of drug-likeness (QED) is 0.477. The molecule has 28 heavy (non-hydrogen) atoms. The summed E-state index contributed by atoms with van der Waals surface area (Å²) < 4.78 is 3.66. The lowest BCUT2D eigenvalue weighted by molar-refractivity contribution is 0.651. The first-order valence-corrected chi connectivity index (χ1v) is 10.1. The second-order valence-electron chi connectivity index (χ2n) is 6.26. The van der Waals surface area contributed by atoms with E-state index in [0.29, 0.717) is 29.1 Å². The first-order valence-electron chi connectivity index (χ1n) is 8.55. The molecule has 0 radical (unpaired) electrons. The lowest BCUT2D eigenvalue weighted by atomic mass is 10.2. The minimum Gasteiger partial charge on any atom is -0.313 e. The second-order valence-corrected chi connectivity index (χ2v) is 8.11. The summed E-state index contributed by atoms with van der Waals surface area (Å²) in [4.78, 5) is 0. The third-order valence-corrected chi connectivity index (χ3v) is 5.95. The van der Waals surface area contributed by atoms with Crippen molar-refractivity contribution in [3.63, 3.8) is 0 Å². The molecule has 0 spiro atoms. The molecule has 1 N–H and O–H groups in total. The first-order chi connectivity index (χ1) is 13.5. The molecule has 3 heterocycles. The number of aryl methyl sites for hydroxylation is 1. The van der Waals surface area contributed by atoms with Gasteiger partial charge in [-0.2, -0.15) is 10.2 Å². The number of halogens is 2. The van der Waals surface area contributed by atoms with Gasteiger partial charge in [0.25, 0.3) is 0 Å². The van der Waals surface area contributed by atoms with E-state index in [4.69, 9.17) is 23.2 Å². The number of hydrogen-bond donors (Lipinski definition) is 1. The van der Waals surface area contributed by atoms with Gasteiger partial charge < -0.3 is 5.32 Å². The molecule has 0 aliphatic carbocycles. The minimum atomic E-state index is 0.527. The van der Waals surface area contributed by atoms with Crippen molar-refractivity contribution in [3.8, 4) is 0 Å². The summed E-state index contributed by atoms with van der Waals surface area (Å²) in [6.45, 7) is 4.95. The summed E-state index contributed by atoms with van der Waals surface area (Å²) in [5.41, 5.74) is 2.74. The maximum absolute atomic E-state index is 6.21. The number of nitrogens with zero attached hydrogens (tertiary/aromatic N) is 6. The van der Waals surface area contributed by atoms with Crippen molar-refractivity contribution >= 4 is 45.5 Å². The summed E-state index contributed by atoms with van der Waals surface area (Å²) in [6, 6.07) is 9.62. The standard InChI is InChI=1S/C18H17Cl2N7S/c1-11-17(20)12(2)27(24-11)10-16-22-23-18(28-16)21-15-7-8-26(25-15)9-13-5-3-4-6-14(13)19/h3-8H,9-10H2,1-2H3,(H,21,23,25). The van der Waals surface area contributed by atoms with Crippen LogP contribution in [-0.2, 0) is 13.1 Å². The first kappa shape index (κ1) is 18.9. The van der Waals surface area contributed by atoms with E-state index >= 15 is 0 Å². The third-order valence-electron chi connectivity index (χ3n) is 4.21. The van der Waals surface area contributed by atoms with E-state index < -0.39 is 0 Å². The molecule has 0 bridgehead atoms. The maximum Gasteiger partial charge on any atom is 0.211 e. The van der Waals surface area contributed by atoms with E-state index in [1.807, 2.05) is 59.7 Å². The van der Waals surface area contributed by atoms with E-state index in [-0.39, 0.29) is 0 Å². The molecule has 0 amide bonds. The average Bonchev–Trinajstić information content (AvgIpc) is 3.36. The molecule has 4 aromatic rings. The van der Waals surface area contributed by atoms with E-state index in [1.165, 1.54) is 11.3 Å². The Kier molecular flexibility index (Phi) is 5.34. The Morgan fingerprint density at radius 3 is 2.61 bits per heavy atom.